The van der Waals surface area contributed by atoms with E-state index in [0.717, 1.165) is 24.0 Å². The fraction of sp³-hybridized carbons (Fsp3) is 0.312. The number of nitrogen functional groups attached to an aromatic ring is 1. The van der Waals surface area contributed by atoms with Gasteiger partial charge in [-0.05, 0) is 30.0 Å². The number of anilines is 1. The van der Waals surface area contributed by atoms with Crippen LogP contribution in [0.25, 0.3) is 0 Å². The Morgan fingerprint density at radius 2 is 2.10 bits per heavy atom. The molecule has 110 valence electrons. The van der Waals surface area contributed by atoms with Crippen LogP contribution in [0.4, 0.5) is 5.69 Å². The largest absolute Gasteiger partial charge is 0.397 e. The zero-order chi connectivity index (χ0) is 14.8. The van der Waals surface area contributed by atoms with Gasteiger partial charge in [0.2, 0.25) is 0 Å². The van der Waals surface area contributed by atoms with Crippen molar-refractivity contribution in [2.45, 2.75) is 32.0 Å². The lowest BCUT2D eigenvalue weighted by atomic mass is 10.1. The highest BCUT2D eigenvalue weighted by Crippen LogP contribution is 2.37. The number of hydrogen-bond donors (Lipinski definition) is 3. The molecule has 0 unspecified atom stereocenters. The van der Waals surface area contributed by atoms with Crippen molar-refractivity contribution in [2.24, 2.45) is 0 Å². The average Bonchev–Trinajstić information content (AvgIpc) is 3.27. The molecule has 1 aromatic carbocycles. The number of hydrogen-bond acceptors (Lipinski definition) is 3. The molecule has 1 aliphatic carbocycles. The first-order valence-electron chi connectivity index (χ1n) is 7.11. The van der Waals surface area contributed by atoms with Crippen molar-refractivity contribution in [1.29, 1.82) is 0 Å². The fourth-order valence-corrected chi connectivity index (χ4v) is 2.45. The molecule has 4 N–H and O–H groups in total. The second kappa shape index (κ2) is 5.61. The lowest BCUT2D eigenvalue weighted by Crippen LogP contribution is -2.25. The first kappa shape index (κ1) is 13.7. The zero-order valence-electron chi connectivity index (χ0n) is 11.7. The summed E-state index contributed by atoms with van der Waals surface area (Å²) in [6.45, 7) is 0.436. The summed E-state index contributed by atoms with van der Waals surface area (Å²) in [4.78, 5) is 12.3. The molecule has 1 aliphatic rings. The van der Waals surface area contributed by atoms with Crippen molar-refractivity contribution >= 4 is 11.6 Å². The Kier molecular flexibility index (Phi) is 3.66. The molecule has 21 heavy (non-hydrogen) atoms. The third-order valence-electron chi connectivity index (χ3n) is 3.67. The maximum Gasteiger partial charge on any atom is 0.268 e. The molecule has 0 spiro atoms. The Morgan fingerprint density at radius 1 is 1.33 bits per heavy atom. The number of amides is 1. The van der Waals surface area contributed by atoms with Crippen molar-refractivity contribution < 1.29 is 9.90 Å². The van der Waals surface area contributed by atoms with Gasteiger partial charge in [-0.25, -0.2) is 0 Å². The summed E-state index contributed by atoms with van der Waals surface area (Å²) in [7, 11) is 0. The van der Waals surface area contributed by atoms with E-state index in [2.05, 4.69) is 5.32 Å². The second-order valence-electron chi connectivity index (χ2n) is 5.46. The minimum atomic E-state index is -0.118. The number of benzene rings is 1. The summed E-state index contributed by atoms with van der Waals surface area (Å²) in [5.74, 6) is -0.118. The van der Waals surface area contributed by atoms with Crippen LogP contribution in [-0.4, -0.2) is 15.6 Å². The molecule has 5 heteroatoms. The molecule has 2 aromatic rings. The van der Waals surface area contributed by atoms with Gasteiger partial charge in [-0.3, -0.25) is 4.79 Å². The van der Waals surface area contributed by atoms with Crippen LogP contribution < -0.4 is 11.1 Å². The summed E-state index contributed by atoms with van der Waals surface area (Å²) in [6.07, 6.45) is 4.04. The third-order valence-corrected chi connectivity index (χ3v) is 3.67. The minimum absolute atomic E-state index is 0.00283. The predicted molar refractivity (Wildman–Crippen MR) is 80.7 cm³/mol. The Morgan fingerprint density at radius 3 is 2.81 bits per heavy atom. The summed E-state index contributed by atoms with van der Waals surface area (Å²) >= 11 is 0. The van der Waals surface area contributed by atoms with Gasteiger partial charge >= 0.3 is 0 Å². The van der Waals surface area contributed by atoms with Crippen LogP contribution in [0, 0.1) is 0 Å². The SMILES string of the molecule is Nc1cc(C(=O)NCc2cccc(CO)c2)n(C2CC2)c1. The lowest BCUT2D eigenvalue weighted by Gasteiger charge is -2.09. The Labute approximate surface area is 123 Å². The molecule has 1 amide bonds. The average molecular weight is 285 g/mol. The van der Waals surface area contributed by atoms with E-state index in [1.54, 1.807) is 6.07 Å². The molecule has 0 aliphatic heterocycles. The van der Waals surface area contributed by atoms with Crippen LogP contribution in [0.2, 0.25) is 0 Å². The van der Waals surface area contributed by atoms with E-state index in [4.69, 9.17) is 10.8 Å². The Balaban J connectivity index is 1.69. The molecule has 0 saturated heterocycles. The molecule has 1 saturated carbocycles. The van der Waals surface area contributed by atoms with Crippen LogP contribution in [0.5, 0.6) is 0 Å². The molecular weight excluding hydrogens is 266 g/mol. The monoisotopic (exact) mass is 285 g/mol. The van der Waals surface area contributed by atoms with Gasteiger partial charge in [0, 0.05) is 18.8 Å². The quantitative estimate of drug-likeness (QED) is 0.784. The number of nitrogens with one attached hydrogen (secondary N) is 1. The summed E-state index contributed by atoms with van der Waals surface area (Å²) < 4.78 is 1.97. The van der Waals surface area contributed by atoms with Crippen LogP contribution in [0.1, 0.15) is 40.5 Å². The predicted octanol–water partition coefficient (Wildman–Crippen LogP) is 1.83. The standard InChI is InChI=1S/C16H19N3O2/c17-13-7-15(19(9-13)14-4-5-14)16(21)18-8-11-2-1-3-12(6-11)10-20/h1-3,6-7,9,14,20H,4-5,8,10,17H2,(H,18,21). The topological polar surface area (TPSA) is 80.3 Å². The lowest BCUT2D eigenvalue weighted by molar-refractivity contribution is 0.0941. The third kappa shape index (κ3) is 3.08. The van der Waals surface area contributed by atoms with Crippen molar-refractivity contribution in [2.75, 3.05) is 5.73 Å². The maximum absolute atomic E-state index is 12.3. The van der Waals surface area contributed by atoms with Gasteiger partial charge in [0.1, 0.15) is 5.69 Å². The van der Waals surface area contributed by atoms with Crippen molar-refractivity contribution in [3.63, 3.8) is 0 Å². The number of nitrogens with zero attached hydrogens (tertiary/aromatic N) is 1. The van der Waals surface area contributed by atoms with E-state index >= 15 is 0 Å². The number of carbonyl (C=O) groups excluding carboxylic acids is 1. The first-order valence-corrected chi connectivity index (χ1v) is 7.11. The van der Waals surface area contributed by atoms with Crippen LogP contribution in [-0.2, 0) is 13.2 Å². The smallest absolute Gasteiger partial charge is 0.268 e. The fourth-order valence-electron chi connectivity index (χ4n) is 2.45. The van der Waals surface area contributed by atoms with Crippen LogP contribution in [0.3, 0.4) is 0 Å². The van der Waals surface area contributed by atoms with E-state index in [-0.39, 0.29) is 12.5 Å². The zero-order valence-corrected chi connectivity index (χ0v) is 11.7. The van der Waals surface area contributed by atoms with Crippen LogP contribution >= 0.6 is 0 Å². The molecule has 1 aromatic heterocycles. The molecule has 1 heterocycles. The molecule has 0 bridgehead atoms. The molecule has 0 atom stereocenters. The normalized spacial score (nSPS) is 14.1. The number of nitrogens with two attached hydrogens (primary N) is 1. The van der Waals surface area contributed by atoms with Gasteiger partial charge in [0.05, 0.1) is 12.3 Å². The van der Waals surface area contributed by atoms with Gasteiger partial charge in [0.15, 0.2) is 0 Å². The van der Waals surface area contributed by atoms with E-state index in [0.29, 0.717) is 24.0 Å². The number of aliphatic hydroxyl groups excluding tert-OH is 1. The van der Waals surface area contributed by atoms with Crippen molar-refractivity contribution in [3.8, 4) is 0 Å². The highest BCUT2D eigenvalue weighted by atomic mass is 16.3. The number of aliphatic hydroxyl groups is 1. The van der Waals surface area contributed by atoms with Gasteiger partial charge < -0.3 is 20.7 Å². The second-order valence-corrected chi connectivity index (χ2v) is 5.46. The minimum Gasteiger partial charge on any atom is -0.397 e. The maximum atomic E-state index is 12.3. The van der Waals surface area contributed by atoms with E-state index in [1.165, 1.54) is 0 Å². The molecule has 5 nitrogen and oxygen atoms in total. The number of rotatable bonds is 5. The number of carbonyl (C=O) groups is 1. The van der Waals surface area contributed by atoms with Crippen LogP contribution in [0.15, 0.2) is 36.5 Å². The van der Waals surface area contributed by atoms with Gasteiger partial charge in [-0.1, -0.05) is 24.3 Å². The number of aromatic nitrogens is 1. The van der Waals surface area contributed by atoms with E-state index in [9.17, 15) is 4.79 Å². The molecular formula is C16H19N3O2. The van der Waals surface area contributed by atoms with Gasteiger partial charge in [0.25, 0.3) is 5.91 Å². The van der Waals surface area contributed by atoms with Crippen molar-refractivity contribution in [1.82, 2.24) is 9.88 Å². The molecule has 1 fully saturated rings. The molecule has 0 radical (unpaired) electrons. The Hall–Kier alpha value is -2.27. The highest BCUT2D eigenvalue weighted by Gasteiger charge is 2.27. The van der Waals surface area contributed by atoms with Gasteiger partial charge in [-0.15, -0.1) is 0 Å². The van der Waals surface area contributed by atoms with Gasteiger partial charge in [-0.2, -0.15) is 0 Å². The van der Waals surface area contributed by atoms with E-state index in [1.807, 2.05) is 35.0 Å². The summed E-state index contributed by atoms with van der Waals surface area (Å²) in [6, 6.07) is 9.67. The highest BCUT2D eigenvalue weighted by molar-refractivity contribution is 5.93. The summed E-state index contributed by atoms with van der Waals surface area (Å²) in [5.41, 5.74) is 8.84. The first-order chi connectivity index (χ1) is 10.2. The Bertz CT molecular complexity index is 659. The molecule has 3 rings (SSSR count). The van der Waals surface area contributed by atoms with E-state index < -0.39 is 0 Å². The summed E-state index contributed by atoms with van der Waals surface area (Å²) in [5, 5.41) is 12.0. The van der Waals surface area contributed by atoms with Crippen molar-refractivity contribution in [3.05, 3.63) is 53.3 Å².